The van der Waals surface area contributed by atoms with Gasteiger partial charge in [0, 0.05) is 19.3 Å². The summed E-state index contributed by atoms with van der Waals surface area (Å²) in [7, 11) is 1.66. The summed E-state index contributed by atoms with van der Waals surface area (Å²) in [6.45, 7) is 5.18. The van der Waals surface area contributed by atoms with Crippen molar-refractivity contribution in [2.24, 2.45) is 7.05 Å². The molecule has 0 atom stereocenters. The van der Waals surface area contributed by atoms with Crippen molar-refractivity contribution in [3.05, 3.63) is 20.8 Å². The molecule has 0 saturated heterocycles. The lowest BCUT2D eigenvalue weighted by molar-refractivity contribution is 0.562. The fraction of sp³-hybridized carbons (Fsp3) is 0.737. The monoisotopic (exact) mass is 380 g/mol. The Morgan fingerprint density at radius 1 is 0.962 bits per heavy atom. The largest absolute Gasteiger partial charge is 0.329 e. The molecule has 0 radical (unpaired) electrons. The second-order valence-electron chi connectivity index (χ2n) is 6.86. The van der Waals surface area contributed by atoms with Gasteiger partial charge in [0.2, 0.25) is 0 Å². The highest BCUT2D eigenvalue weighted by molar-refractivity contribution is 7.99. The van der Waals surface area contributed by atoms with Gasteiger partial charge in [0.05, 0.1) is 0 Å². The molecule has 2 aromatic rings. The number of hydrogen-bond donors (Lipinski definition) is 1. The van der Waals surface area contributed by atoms with Crippen molar-refractivity contribution in [2.45, 2.75) is 83.3 Å². The third-order valence-corrected chi connectivity index (χ3v) is 5.75. The van der Waals surface area contributed by atoms with Crippen molar-refractivity contribution in [3.63, 3.8) is 0 Å². The smallest absolute Gasteiger partial charge is 0.313 e. The zero-order chi connectivity index (χ0) is 18.9. The van der Waals surface area contributed by atoms with Crippen LogP contribution in [0.5, 0.6) is 0 Å². The van der Waals surface area contributed by atoms with Gasteiger partial charge in [-0.3, -0.25) is 14.3 Å². The highest BCUT2D eigenvalue weighted by atomic mass is 32.2. The summed E-state index contributed by atoms with van der Waals surface area (Å²) in [6.07, 6.45) is 10.7. The van der Waals surface area contributed by atoms with Crippen LogP contribution in [0.15, 0.2) is 14.7 Å². The first-order chi connectivity index (χ1) is 12.6. The number of aromatic amines is 1. The molecule has 0 aromatic carbocycles. The lowest BCUT2D eigenvalue weighted by Gasteiger charge is -2.08. The van der Waals surface area contributed by atoms with E-state index in [4.69, 9.17) is 0 Å². The van der Waals surface area contributed by atoms with E-state index in [1.165, 1.54) is 43.1 Å². The minimum atomic E-state index is -0.408. The number of nitrogens with one attached hydrogen (secondary N) is 1. The van der Waals surface area contributed by atoms with Gasteiger partial charge in [0.25, 0.3) is 5.56 Å². The van der Waals surface area contributed by atoms with E-state index in [1.54, 1.807) is 18.8 Å². The molecule has 0 amide bonds. The van der Waals surface area contributed by atoms with E-state index >= 15 is 0 Å². The predicted octanol–water partition coefficient (Wildman–Crippen LogP) is 4.07. The number of hydrogen-bond acceptors (Lipinski definition) is 4. The van der Waals surface area contributed by atoms with E-state index in [0.717, 1.165) is 36.7 Å². The van der Waals surface area contributed by atoms with Crippen molar-refractivity contribution in [2.75, 3.05) is 5.75 Å². The second-order valence-corrected chi connectivity index (χ2v) is 7.92. The Hall–Kier alpha value is -1.50. The van der Waals surface area contributed by atoms with E-state index in [0.29, 0.717) is 11.2 Å². The van der Waals surface area contributed by atoms with E-state index in [2.05, 4.69) is 23.8 Å². The highest BCUT2D eigenvalue weighted by Gasteiger charge is 2.17. The zero-order valence-corrected chi connectivity index (χ0v) is 17.2. The summed E-state index contributed by atoms with van der Waals surface area (Å²) in [5, 5.41) is 0.860. The lowest BCUT2D eigenvalue weighted by atomic mass is 10.2. The van der Waals surface area contributed by atoms with Crippen molar-refractivity contribution < 1.29 is 0 Å². The molecule has 26 heavy (non-hydrogen) atoms. The fourth-order valence-corrected chi connectivity index (χ4v) is 4.12. The molecular formula is C19H32N4O2S. The van der Waals surface area contributed by atoms with Gasteiger partial charge in [-0.05, 0) is 12.8 Å². The third kappa shape index (κ3) is 5.25. The van der Waals surface area contributed by atoms with Crippen LogP contribution in [0.1, 0.15) is 71.6 Å². The molecule has 2 heterocycles. The normalized spacial score (nSPS) is 11.5. The van der Waals surface area contributed by atoms with Crippen LogP contribution in [0, 0.1) is 0 Å². The Labute approximate surface area is 159 Å². The van der Waals surface area contributed by atoms with Crippen molar-refractivity contribution >= 4 is 22.9 Å². The van der Waals surface area contributed by atoms with Crippen LogP contribution in [0.3, 0.4) is 0 Å². The van der Waals surface area contributed by atoms with Crippen molar-refractivity contribution in [1.82, 2.24) is 19.1 Å². The standard InChI is InChI=1S/C19H32N4O2S/c1-4-6-8-10-12-14-26-19-20-16-15(17(24)21-18(25)22(16)3)23(19)13-11-9-7-5-2/h4-14H2,1-3H3,(H,21,24,25). The predicted molar refractivity (Wildman–Crippen MR) is 109 cm³/mol. The van der Waals surface area contributed by atoms with E-state index in [1.807, 2.05) is 4.57 Å². The second kappa shape index (κ2) is 10.6. The van der Waals surface area contributed by atoms with E-state index in [-0.39, 0.29) is 5.56 Å². The number of rotatable bonds is 12. The van der Waals surface area contributed by atoms with Crippen LogP contribution in [0.25, 0.3) is 11.2 Å². The number of aromatic nitrogens is 4. The average molecular weight is 381 g/mol. The number of fused-ring (bicyclic) bond motifs is 1. The number of unbranched alkanes of at least 4 members (excludes halogenated alkanes) is 7. The van der Waals surface area contributed by atoms with Crippen LogP contribution in [-0.4, -0.2) is 24.9 Å². The minimum absolute atomic E-state index is 0.333. The van der Waals surface area contributed by atoms with Crippen molar-refractivity contribution in [3.8, 4) is 0 Å². The molecule has 0 saturated carbocycles. The van der Waals surface area contributed by atoms with Gasteiger partial charge in [-0.1, -0.05) is 70.6 Å². The molecule has 0 unspecified atom stereocenters. The Kier molecular flexibility index (Phi) is 8.48. The number of imidazole rings is 1. The summed E-state index contributed by atoms with van der Waals surface area (Å²) in [6, 6.07) is 0. The van der Waals surface area contributed by atoms with E-state index < -0.39 is 5.69 Å². The van der Waals surface area contributed by atoms with Crippen LogP contribution in [-0.2, 0) is 13.6 Å². The van der Waals surface area contributed by atoms with Gasteiger partial charge >= 0.3 is 5.69 Å². The molecule has 0 aliphatic carbocycles. The van der Waals surface area contributed by atoms with Gasteiger partial charge < -0.3 is 4.57 Å². The third-order valence-electron chi connectivity index (χ3n) is 4.69. The maximum Gasteiger partial charge on any atom is 0.329 e. The molecule has 1 N–H and O–H groups in total. The van der Waals surface area contributed by atoms with Gasteiger partial charge in [0.1, 0.15) is 0 Å². The van der Waals surface area contributed by atoms with Crippen LogP contribution in [0.2, 0.25) is 0 Å². The molecule has 0 fully saturated rings. The topological polar surface area (TPSA) is 72.7 Å². The Morgan fingerprint density at radius 3 is 2.31 bits per heavy atom. The van der Waals surface area contributed by atoms with Crippen LogP contribution >= 0.6 is 11.8 Å². The SMILES string of the molecule is CCCCCCCSc1nc2c(c(=O)[nH]c(=O)n2C)n1CCCCCC. The molecule has 6 nitrogen and oxygen atoms in total. The molecule has 0 aliphatic heterocycles. The molecule has 7 heteroatoms. The average Bonchev–Trinajstić information content (AvgIpc) is 2.99. The summed E-state index contributed by atoms with van der Waals surface area (Å²) < 4.78 is 3.45. The number of nitrogens with zero attached hydrogens (tertiary/aromatic N) is 3. The Balaban J connectivity index is 2.20. The van der Waals surface area contributed by atoms with Gasteiger partial charge in [0.15, 0.2) is 16.3 Å². The summed E-state index contributed by atoms with van der Waals surface area (Å²) in [4.78, 5) is 31.3. The quantitative estimate of drug-likeness (QED) is 0.445. The first-order valence-corrected chi connectivity index (χ1v) is 10.9. The first-order valence-electron chi connectivity index (χ1n) is 9.92. The molecular weight excluding hydrogens is 348 g/mol. The molecule has 0 aliphatic rings. The number of thioether (sulfide) groups is 1. The summed E-state index contributed by atoms with van der Waals surface area (Å²) >= 11 is 1.70. The molecule has 146 valence electrons. The van der Waals surface area contributed by atoms with Gasteiger partial charge in [-0.25, -0.2) is 9.78 Å². The zero-order valence-electron chi connectivity index (χ0n) is 16.3. The highest BCUT2D eigenvalue weighted by Crippen LogP contribution is 2.23. The summed E-state index contributed by atoms with van der Waals surface area (Å²) in [5.41, 5.74) is 0.273. The van der Waals surface area contributed by atoms with Crippen LogP contribution < -0.4 is 11.2 Å². The first kappa shape index (κ1) is 20.8. The molecule has 2 rings (SSSR count). The number of H-pyrrole nitrogens is 1. The Morgan fingerprint density at radius 2 is 1.62 bits per heavy atom. The van der Waals surface area contributed by atoms with Gasteiger partial charge in [-0.15, -0.1) is 0 Å². The van der Waals surface area contributed by atoms with Gasteiger partial charge in [-0.2, -0.15) is 0 Å². The van der Waals surface area contributed by atoms with Crippen LogP contribution in [0.4, 0.5) is 0 Å². The lowest BCUT2D eigenvalue weighted by Crippen LogP contribution is -2.29. The fourth-order valence-electron chi connectivity index (χ4n) is 3.10. The molecule has 0 spiro atoms. The number of aryl methyl sites for hydroxylation is 2. The maximum absolute atomic E-state index is 12.4. The maximum atomic E-state index is 12.4. The molecule has 2 aromatic heterocycles. The Bertz CT molecular complexity index is 806. The van der Waals surface area contributed by atoms with E-state index in [9.17, 15) is 9.59 Å². The minimum Gasteiger partial charge on any atom is -0.313 e. The molecule has 0 bridgehead atoms. The summed E-state index contributed by atoms with van der Waals surface area (Å²) in [5.74, 6) is 0.994. The van der Waals surface area contributed by atoms with Crippen molar-refractivity contribution in [1.29, 1.82) is 0 Å².